The number of hydrogen-bond acceptors (Lipinski definition) is 6. The highest BCUT2D eigenvalue weighted by molar-refractivity contribution is 6.35. The molecule has 1 N–H and O–H groups in total. The molecule has 3 rings (SSSR count). The van der Waals surface area contributed by atoms with Crippen molar-refractivity contribution in [2.24, 2.45) is 0 Å². The van der Waals surface area contributed by atoms with Crippen molar-refractivity contribution in [3.05, 3.63) is 45.7 Å². The Hall–Kier alpha value is -2.09. The van der Waals surface area contributed by atoms with Gasteiger partial charge in [-0.25, -0.2) is 9.97 Å². The summed E-state index contributed by atoms with van der Waals surface area (Å²) < 4.78 is 10.8. The molecule has 144 valence electrons. The number of hydrogen-bond donors (Lipinski definition) is 1. The lowest BCUT2D eigenvalue weighted by Gasteiger charge is -2.27. The zero-order chi connectivity index (χ0) is 19.2. The Morgan fingerprint density at radius 2 is 2.04 bits per heavy atom. The van der Waals surface area contributed by atoms with Crippen LogP contribution in [-0.4, -0.2) is 48.8 Å². The molecule has 2 aromatic rings. The van der Waals surface area contributed by atoms with Crippen LogP contribution < -0.4 is 15.0 Å². The van der Waals surface area contributed by atoms with Crippen molar-refractivity contribution in [1.82, 2.24) is 15.3 Å². The summed E-state index contributed by atoms with van der Waals surface area (Å²) in [7, 11) is 0. The highest BCUT2D eigenvalue weighted by Gasteiger charge is 2.15. The smallest absolute Gasteiger partial charge is 0.258 e. The summed E-state index contributed by atoms with van der Waals surface area (Å²) in [6.45, 7) is 4.87. The molecule has 1 aromatic carbocycles. The van der Waals surface area contributed by atoms with E-state index in [0.717, 1.165) is 24.5 Å². The molecular weight excluding hydrogens is 391 g/mol. The van der Waals surface area contributed by atoms with E-state index in [0.29, 0.717) is 35.0 Å². The van der Waals surface area contributed by atoms with Crippen molar-refractivity contribution in [3.8, 4) is 5.75 Å². The molecule has 1 aliphatic heterocycles. The molecule has 0 aliphatic carbocycles. The van der Waals surface area contributed by atoms with Gasteiger partial charge in [-0.1, -0.05) is 23.2 Å². The molecule has 0 unspecified atom stereocenters. The molecule has 1 aliphatic rings. The van der Waals surface area contributed by atoms with Gasteiger partial charge in [0, 0.05) is 23.8 Å². The van der Waals surface area contributed by atoms with Crippen LogP contribution in [0.25, 0.3) is 0 Å². The monoisotopic (exact) mass is 410 g/mol. The number of morpholine rings is 1. The fourth-order valence-corrected chi connectivity index (χ4v) is 3.05. The van der Waals surface area contributed by atoms with Crippen molar-refractivity contribution < 1.29 is 14.3 Å². The van der Waals surface area contributed by atoms with Gasteiger partial charge in [0.05, 0.1) is 30.5 Å². The minimum absolute atomic E-state index is 0.151. The number of carbonyl (C=O) groups excluding carboxylic acids is 1. The van der Waals surface area contributed by atoms with E-state index in [2.05, 4.69) is 20.2 Å². The van der Waals surface area contributed by atoms with Crippen LogP contribution in [-0.2, 0) is 16.1 Å². The van der Waals surface area contributed by atoms with E-state index in [1.807, 2.05) is 13.0 Å². The Morgan fingerprint density at radius 1 is 1.26 bits per heavy atom. The van der Waals surface area contributed by atoms with Crippen LogP contribution in [0.1, 0.15) is 11.4 Å². The number of aromatic nitrogens is 2. The predicted octanol–water partition coefficient (Wildman–Crippen LogP) is 2.62. The van der Waals surface area contributed by atoms with Crippen LogP contribution in [0, 0.1) is 6.92 Å². The zero-order valence-electron chi connectivity index (χ0n) is 14.9. The predicted molar refractivity (Wildman–Crippen MR) is 104 cm³/mol. The van der Waals surface area contributed by atoms with Crippen molar-refractivity contribution in [3.63, 3.8) is 0 Å². The maximum Gasteiger partial charge on any atom is 0.258 e. The number of nitrogens with zero attached hydrogens (tertiary/aromatic N) is 3. The van der Waals surface area contributed by atoms with E-state index in [4.69, 9.17) is 32.7 Å². The Morgan fingerprint density at radius 3 is 2.78 bits per heavy atom. The second-order valence-electron chi connectivity index (χ2n) is 6.04. The van der Waals surface area contributed by atoms with Crippen LogP contribution in [0.4, 0.5) is 5.95 Å². The molecule has 27 heavy (non-hydrogen) atoms. The van der Waals surface area contributed by atoms with Crippen LogP contribution in [0.5, 0.6) is 5.75 Å². The lowest BCUT2D eigenvalue weighted by Crippen LogP contribution is -2.37. The number of amides is 1. The number of carbonyl (C=O) groups is 1. The molecule has 1 fully saturated rings. The summed E-state index contributed by atoms with van der Waals surface area (Å²) in [4.78, 5) is 23.2. The van der Waals surface area contributed by atoms with Gasteiger partial charge >= 0.3 is 0 Å². The highest BCUT2D eigenvalue weighted by Crippen LogP contribution is 2.27. The SMILES string of the molecule is Cc1cc(CNC(=O)COc2ccc(Cl)cc2Cl)nc(N2CCOCC2)n1. The first-order valence-corrected chi connectivity index (χ1v) is 9.28. The first-order chi connectivity index (χ1) is 13.0. The molecule has 0 bridgehead atoms. The molecule has 0 atom stereocenters. The average Bonchev–Trinajstić information content (AvgIpc) is 2.66. The lowest BCUT2D eigenvalue weighted by molar-refractivity contribution is -0.123. The normalized spacial score (nSPS) is 14.1. The maximum absolute atomic E-state index is 12.1. The van der Waals surface area contributed by atoms with E-state index < -0.39 is 0 Å². The molecule has 0 radical (unpaired) electrons. The number of aryl methyl sites for hydroxylation is 1. The fourth-order valence-electron chi connectivity index (χ4n) is 2.59. The quantitative estimate of drug-likeness (QED) is 0.788. The van der Waals surface area contributed by atoms with Crippen LogP contribution in [0.3, 0.4) is 0 Å². The van der Waals surface area contributed by atoms with Gasteiger partial charge in [0.25, 0.3) is 5.91 Å². The van der Waals surface area contributed by atoms with Gasteiger partial charge in [-0.3, -0.25) is 4.79 Å². The Labute approximate surface area is 167 Å². The molecule has 1 aromatic heterocycles. The molecular formula is C18H20Cl2N4O3. The minimum Gasteiger partial charge on any atom is -0.482 e. The summed E-state index contributed by atoms with van der Waals surface area (Å²) in [5.41, 5.74) is 1.59. The molecule has 1 amide bonds. The van der Waals surface area contributed by atoms with Crippen molar-refractivity contribution in [1.29, 1.82) is 0 Å². The minimum atomic E-state index is -0.273. The lowest BCUT2D eigenvalue weighted by atomic mass is 10.3. The molecule has 0 saturated carbocycles. The van der Waals surface area contributed by atoms with Crippen molar-refractivity contribution >= 4 is 35.1 Å². The standard InChI is InChI=1S/C18H20Cl2N4O3/c1-12-8-14(23-18(22-12)24-4-6-26-7-5-24)10-21-17(25)11-27-16-3-2-13(19)9-15(16)20/h2-3,8-9H,4-7,10-11H2,1H3,(H,21,25). The number of nitrogens with one attached hydrogen (secondary N) is 1. The van der Waals surface area contributed by atoms with Crippen molar-refractivity contribution in [2.45, 2.75) is 13.5 Å². The number of ether oxygens (including phenoxy) is 2. The summed E-state index contributed by atoms with van der Waals surface area (Å²) in [5, 5.41) is 3.66. The van der Waals surface area contributed by atoms with Gasteiger partial charge in [0.1, 0.15) is 5.75 Å². The van der Waals surface area contributed by atoms with E-state index >= 15 is 0 Å². The topological polar surface area (TPSA) is 76.6 Å². The van der Waals surface area contributed by atoms with Gasteiger partial charge in [0.15, 0.2) is 6.61 Å². The number of halogens is 2. The largest absolute Gasteiger partial charge is 0.482 e. The van der Waals surface area contributed by atoms with E-state index in [1.165, 1.54) is 0 Å². The summed E-state index contributed by atoms with van der Waals surface area (Å²) in [6.07, 6.45) is 0. The van der Waals surface area contributed by atoms with Crippen molar-refractivity contribution in [2.75, 3.05) is 37.8 Å². The third-order valence-corrected chi connectivity index (χ3v) is 4.44. The average molecular weight is 411 g/mol. The summed E-state index contributed by atoms with van der Waals surface area (Å²) >= 11 is 11.9. The fraction of sp³-hybridized carbons (Fsp3) is 0.389. The summed E-state index contributed by atoms with van der Waals surface area (Å²) in [5.74, 6) is 0.792. The number of rotatable bonds is 6. The molecule has 9 heteroatoms. The van der Waals surface area contributed by atoms with E-state index in [-0.39, 0.29) is 19.1 Å². The van der Waals surface area contributed by atoms with Crippen LogP contribution in [0.2, 0.25) is 10.0 Å². The Kier molecular flexibility index (Phi) is 6.71. The highest BCUT2D eigenvalue weighted by atomic mass is 35.5. The number of anilines is 1. The van der Waals surface area contributed by atoms with Crippen LogP contribution >= 0.6 is 23.2 Å². The second kappa shape index (κ2) is 9.21. The van der Waals surface area contributed by atoms with E-state index in [1.54, 1.807) is 18.2 Å². The Balaban J connectivity index is 1.54. The van der Waals surface area contributed by atoms with Gasteiger partial charge in [0.2, 0.25) is 5.95 Å². The Bertz CT molecular complexity index is 813. The third kappa shape index (κ3) is 5.69. The first-order valence-electron chi connectivity index (χ1n) is 8.53. The zero-order valence-corrected chi connectivity index (χ0v) is 16.4. The van der Waals surface area contributed by atoms with E-state index in [9.17, 15) is 4.79 Å². The molecule has 2 heterocycles. The van der Waals surface area contributed by atoms with Gasteiger partial charge in [-0.2, -0.15) is 0 Å². The van der Waals surface area contributed by atoms with Gasteiger partial charge in [-0.15, -0.1) is 0 Å². The third-order valence-electron chi connectivity index (χ3n) is 3.91. The molecule has 7 nitrogen and oxygen atoms in total. The van der Waals surface area contributed by atoms with Crippen LogP contribution in [0.15, 0.2) is 24.3 Å². The molecule has 1 saturated heterocycles. The van der Waals surface area contributed by atoms with Gasteiger partial charge in [-0.05, 0) is 31.2 Å². The summed E-state index contributed by atoms with van der Waals surface area (Å²) in [6, 6.07) is 6.69. The number of benzene rings is 1. The first kappa shape index (κ1) is 19.7. The van der Waals surface area contributed by atoms with Gasteiger partial charge < -0.3 is 19.7 Å². The molecule has 0 spiro atoms. The maximum atomic E-state index is 12.1. The second-order valence-corrected chi connectivity index (χ2v) is 6.88.